The van der Waals surface area contributed by atoms with Gasteiger partial charge in [0, 0.05) is 7.05 Å². The molecule has 2 N–H and O–H groups in total. The summed E-state index contributed by atoms with van der Waals surface area (Å²) in [6.07, 6.45) is 0. The number of carbonyl (C=O) groups is 1. The molecule has 0 aliphatic rings. The third-order valence-corrected chi connectivity index (χ3v) is 1.91. The van der Waals surface area contributed by atoms with E-state index in [4.69, 9.17) is 5.11 Å². The van der Waals surface area contributed by atoms with Gasteiger partial charge in [-0.2, -0.15) is 0 Å². The second-order valence-corrected chi connectivity index (χ2v) is 3.24. The number of phenols is 1. The van der Waals surface area contributed by atoms with Crippen LogP contribution in [-0.4, -0.2) is 29.8 Å². The molecule has 0 heterocycles. The Morgan fingerprint density at radius 2 is 2.14 bits per heavy atom. The molecular weight excluding hydrogens is 182 g/mol. The fourth-order valence-corrected chi connectivity index (χ4v) is 1.24. The van der Waals surface area contributed by atoms with Crippen LogP contribution in [-0.2, 0) is 4.79 Å². The first-order chi connectivity index (χ1) is 6.50. The molecule has 4 nitrogen and oxygen atoms in total. The molecule has 0 amide bonds. The molecule has 1 rings (SSSR count). The van der Waals surface area contributed by atoms with Crippen LogP contribution in [0.5, 0.6) is 5.75 Å². The summed E-state index contributed by atoms with van der Waals surface area (Å²) in [5.74, 6) is -0.818. The van der Waals surface area contributed by atoms with Crippen LogP contribution >= 0.6 is 0 Å². The van der Waals surface area contributed by atoms with Gasteiger partial charge in [0.1, 0.15) is 12.3 Å². The van der Waals surface area contributed by atoms with Crippen molar-refractivity contribution in [1.82, 2.24) is 0 Å². The number of carboxylic acids is 1. The molecule has 1 aromatic carbocycles. The maximum Gasteiger partial charge on any atom is 0.323 e. The Hall–Kier alpha value is -1.71. The van der Waals surface area contributed by atoms with Crippen LogP contribution in [0, 0.1) is 6.92 Å². The monoisotopic (exact) mass is 195 g/mol. The van der Waals surface area contributed by atoms with Crippen LogP contribution in [0.4, 0.5) is 5.69 Å². The normalized spacial score (nSPS) is 9.86. The lowest BCUT2D eigenvalue weighted by molar-refractivity contribution is -0.135. The van der Waals surface area contributed by atoms with E-state index in [-0.39, 0.29) is 12.3 Å². The highest BCUT2D eigenvalue weighted by Crippen LogP contribution is 2.26. The molecule has 76 valence electrons. The molecule has 0 radical (unpaired) electrons. The SMILES string of the molecule is Cc1ccc(N(C)CC(=O)O)c(O)c1. The largest absolute Gasteiger partial charge is 0.506 e. The molecule has 14 heavy (non-hydrogen) atoms. The zero-order valence-electron chi connectivity index (χ0n) is 8.19. The highest BCUT2D eigenvalue weighted by molar-refractivity contribution is 5.74. The number of carboxylic acid groups (broad SMARTS) is 1. The topological polar surface area (TPSA) is 60.8 Å². The van der Waals surface area contributed by atoms with Crippen molar-refractivity contribution in [1.29, 1.82) is 0 Å². The highest BCUT2D eigenvalue weighted by Gasteiger charge is 2.09. The third kappa shape index (κ3) is 2.39. The van der Waals surface area contributed by atoms with Crippen LogP contribution in [0.2, 0.25) is 0 Å². The Balaban J connectivity index is 2.90. The van der Waals surface area contributed by atoms with Crippen LogP contribution in [0.1, 0.15) is 5.56 Å². The molecule has 0 aliphatic heterocycles. The number of aryl methyl sites for hydroxylation is 1. The molecule has 0 saturated carbocycles. The zero-order valence-corrected chi connectivity index (χ0v) is 8.19. The number of aliphatic carboxylic acids is 1. The molecule has 0 aliphatic carbocycles. The first-order valence-electron chi connectivity index (χ1n) is 4.23. The first-order valence-corrected chi connectivity index (χ1v) is 4.23. The van der Waals surface area contributed by atoms with Gasteiger partial charge in [0.25, 0.3) is 0 Å². The minimum Gasteiger partial charge on any atom is -0.506 e. The molecule has 0 fully saturated rings. The maximum atomic E-state index is 10.4. The second-order valence-electron chi connectivity index (χ2n) is 3.24. The fraction of sp³-hybridized carbons (Fsp3) is 0.300. The average Bonchev–Trinajstić information content (AvgIpc) is 2.01. The van der Waals surface area contributed by atoms with Crippen molar-refractivity contribution >= 4 is 11.7 Å². The molecular formula is C10H13NO3. The lowest BCUT2D eigenvalue weighted by Gasteiger charge is -2.18. The van der Waals surface area contributed by atoms with Gasteiger partial charge in [-0.1, -0.05) is 6.07 Å². The Labute approximate surface area is 82.4 Å². The number of phenolic OH excluding ortho intramolecular Hbond substituents is 1. The molecule has 0 bridgehead atoms. The number of benzene rings is 1. The van der Waals surface area contributed by atoms with Gasteiger partial charge in [-0.25, -0.2) is 0 Å². The van der Waals surface area contributed by atoms with E-state index in [1.165, 1.54) is 4.90 Å². The van der Waals surface area contributed by atoms with Crippen LogP contribution in [0.25, 0.3) is 0 Å². The lowest BCUT2D eigenvalue weighted by atomic mass is 10.2. The quantitative estimate of drug-likeness (QED) is 0.761. The van der Waals surface area contributed by atoms with Crippen LogP contribution in [0.3, 0.4) is 0 Å². The van der Waals surface area contributed by atoms with Gasteiger partial charge >= 0.3 is 5.97 Å². The lowest BCUT2D eigenvalue weighted by Crippen LogP contribution is -2.25. The van der Waals surface area contributed by atoms with E-state index in [1.54, 1.807) is 19.2 Å². The van der Waals surface area contributed by atoms with E-state index in [2.05, 4.69) is 0 Å². The van der Waals surface area contributed by atoms with Crippen molar-refractivity contribution in [3.63, 3.8) is 0 Å². The van der Waals surface area contributed by atoms with Crippen LogP contribution < -0.4 is 4.90 Å². The molecule has 0 saturated heterocycles. The predicted molar refractivity (Wildman–Crippen MR) is 53.7 cm³/mol. The summed E-state index contributed by atoms with van der Waals surface area (Å²) in [4.78, 5) is 11.9. The molecule has 0 unspecified atom stereocenters. The number of rotatable bonds is 3. The summed E-state index contributed by atoms with van der Waals surface area (Å²) in [6.45, 7) is 1.73. The number of likely N-dealkylation sites (N-methyl/N-ethyl adjacent to an activating group) is 1. The van der Waals surface area contributed by atoms with Gasteiger partial charge in [0.05, 0.1) is 5.69 Å². The number of hydrogen-bond donors (Lipinski definition) is 2. The summed E-state index contributed by atoms with van der Waals surface area (Å²) >= 11 is 0. The first kappa shape index (κ1) is 10.4. The standard InChI is InChI=1S/C10H13NO3/c1-7-3-4-8(9(12)5-7)11(2)6-10(13)14/h3-5,12H,6H2,1-2H3,(H,13,14). The van der Waals surface area contributed by atoms with E-state index in [1.807, 2.05) is 13.0 Å². The molecule has 0 aromatic heterocycles. The molecule has 0 spiro atoms. The van der Waals surface area contributed by atoms with E-state index < -0.39 is 5.97 Å². The summed E-state index contributed by atoms with van der Waals surface area (Å²) in [5.41, 5.74) is 1.47. The minimum absolute atomic E-state index is 0.105. The smallest absolute Gasteiger partial charge is 0.323 e. The second kappa shape index (κ2) is 4.00. The Bertz CT molecular complexity index is 349. The van der Waals surface area contributed by atoms with Gasteiger partial charge in [0.2, 0.25) is 0 Å². The van der Waals surface area contributed by atoms with Gasteiger partial charge in [0.15, 0.2) is 0 Å². The van der Waals surface area contributed by atoms with Gasteiger partial charge in [-0.3, -0.25) is 4.79 Å². The highest BCUT2D eigenvalue weighted by atomic mass is 16.4. The summed E-state index contributed by atoms with van der Waals surface area (Å²) in [6, 6.07) is 5.13. The van der Waals surface area contributed by atoms with Crippen molar-refractivity contribution in [2.45, 2.75) is 6.92 Å². The average molecular weight is 195 g/mol. The molecule has 0 atom stereocenters. The van der Waals surface area contributed by atoms with Crippen LogP contribution in [0.15, 0.2) is 18.2 Å². The van der Waals surface area contributed by atoms with E-state index >= 15 is 0 Å². The van der Waals surface area contributed by atoms with Crippen molar-refractivity contribution in [2.75, 3.05) is 18.5 Å². The fourth-order valence-electron chi connectivity index (χ4n) is 1.24. The number of aromatic hydroxyl groups is 1. The summed E-state index contributed by atoms with van der Waals surface area (Å²) < 4.78 is 0. The predicted octanol–water partition coefficient (Wildman–Crippen LogP) is 1.22. The van der Waals surface area contributed by atoms with E-state index in [0.717, 1.165) is 5.56 Å². The Morgan fingerprint density at radius 3 is 2.64 bits per heavy atom. The molecule has 4 heteroatoms. The maximum absolute atomic E-state index is 10.4. The summed E-state index contributed by atoms with van der Waals surface area (Å²) in [7, 11) is 1.62. The Kier molecular flexibility index (Phi) is 2.96. The van der Waals surface area contributed by atoms with Crippen molar-refractivity contribution in [3.05, 3.63) is 23.8 Å². The number of anilines is 1. The Morgan fingerprint density at radius 1 is 1.50 bits per heavy atom. The van der Waals surface area contributed by atoms with Crippen molar-refractivity contribution in [3.8, 4) is 5.75 Å². The van der Waals surface area contributed by atoms with Crippen molar-refractivity contribution in [2.24, 2.45) is 0 Å². The zero-order chi connectivity index (χ0) is 10.7. The molecule has 1 aromatic rings. The van der Waals surface area contributed by atoms with Gasteiger partial charge < -0.3 is 15.1 Å². The third-order valence-electron chi connectivity index (χ3n) is 1.91. The van der Waals surface area contributed by atoms with E-state index in [9.17, 15) is 9.90 Å². The van der Waals surface area contributed by atoms with Gasteiger partial charge in [-0.15, -0.1) is 0 Å². The summed E-state index contributed by atoms with van der Waals surface area (Å²) in [5, 5.41) is 18.1. The van der Waals surface area contributed by atoms with Crippen molar-refractivity contribution < 1.29 is 15.0 Å². The number of hydrogen-bond acceptors (Lipinski definition) is 3. The van der Waals surface area contributed by atoms with Gasteiger partial charge in [-0.05, 0) is 24.6 Å². The number of nitrogens with zero attached hydrogens (tertiary/aromatic N) is 1. The van der Waals surface area contributed by atoms with E-state index in [0.29, 0.717) is 5.69 Å². The minimum atomic E-state index is -0.924.